The molecule has 5 rings (SSSR count). The number of hydrogen-bond acceptors (Lipinski definition) is 4. The first-order valence-corrected chi connectivity index (χ1v) is 7.55. The molecule has 5 aliphatic rings. The Hall–Kier alpha value is -0.710. The summed E-state index contributed by atoms with van der Waals surface area (Å²) in [7, 11) is 1.61. The first kappa shape index (κ1) is 13.0. The Morgan fingerprint density at radius 2 is 2.25 bits per heavy atom. The third-order valence-corrected chi connectivity index (χ3v) is 5.87. The SMILES string of the molecule is CO[C@@]12OC[C@]3(C)C[C@@H](C=C(C)[C@@H]31)[C@H]1OCC[C@H]1C2=O. The molecule has 1 saturated carbocycles. The smallest absolute Gasteiger partial charge is 0.236 e. The van der Waals surface area contributed by atoms with Crippen LogP contribution in [-0.4, -0.2) is 38.0 Å². The van der Waals surface area contributed by atoms with Crippen molar-refractivity contribution in [3.05, 3.63) is 11.6 Å². The van der Waals surface area contributed by atoms with Gasteiger partial charge < -0.3 is 14.2 Å². The monoisotopic (exact) mass is 278 g/mol. The molecule has 0 spiro atoms. The van der Waals surface area contributed by atoms with Gasteiger partial charge in [-0.25, -0.2) is 0 Å². The van der Waals surface area contributed by atoms with Gasteiger partial charge in [-0.2, -0.15) is 0 Å². The average Bonchev–Trinajstić information content (AvgIpc) is 2.99. The topological polar surface area (TPSA) is 44.8 Å². The zero-order chi connectivity index (χ0) is 14.1. The Labute approximate surface area is 119 Å². The van der Waals surface area contributed by atoms with Crippen LogP contribution in [0.15, 0.2) is 11.6 Å². The molecule has 110 valence electrons. The maximum Gasteiger partial charge on any atom is 0.236 e. The molecule has 0 aromatic carbocycles. The summed E-state index contributed by atoms with van der Waals surface area (Å²) in [5, 5.41) is 0. The van der Waals surface area contributed by atoms with Gasteiger partial charge in [0.15, 0.2) is 5.78 Å². The third kappa shape index (κ3) is 1.35. The fourth-order valence-electron chi connectivity index (χ4n) is 5.23. The average molecular weight is 278 g/mol. The first-order valence-electron chi connectivity index (χ1n) is 7.55. The predicted octanol–water partition coefficient (Wildman–Crippen LogP) is 1.94. The van der Waals surface area contributed by atoms with Gasteiger partial charge in [-0.1, -0.05) is 18.6 Å². The number of hydrogen-bond donors (Lipinski definition) is 0. The van der Waals surface area contributed by atoms with Gasteiger partial charge in [-0.3, -0.25) is 4.79 Å². The number of ketones is 1. The van der Waals surface area contributed by atoms with E-state index in [1.807, 2.05) is 0 Å². The molecular weight excluding hydrogens is 256 g/mol. The summed E-state index contributed by atoms with van der Waals surface area (Å²) in [6, 6.07) is 0. The Bertz CT molecular complexity index is 499. The Kier molecular flexibility index (Phi) is 2.55. The van der Waals surface area contributed by atoms with Crippen molar-refractivity contribution in [1.82, 2.24) is 0 Å². The largest absolute Gasteiger partial charge is 0.377 e. The van der Waals surface area contributed by atoms with Crippen molar-refractivity contribution >= 4 is 5.78 Å². The fourth-order valence-corrected chi connectivity index (χ4v) is 5.23. The summed E-state index contributed by atoms with van der Waals surface area (Å²) in [4.78, 5) is 13.1. The lowest BCUT2D eigenvalue weighted by atomic mass is 9.58. The zero-order valence-electron chi connectivity index (χ0n) is 12.3. The van der Waals surface area contributed by atoms with Crippen LogP contribution in [0.5, 0.6) is 0 Å². The van der Waals surface area contributed by atoms with Crippen molar-refractivity contribution in [3.8, 4) is 0 Å². The minimum absolute atomic E-state index is 0.00856. The number of ether oxygens (including phenoxy) is 3. The Morgan fingerprint density at radius 3 is 3.00 bits per heavy atom. The molecule has 4 bridgehead atoms. The van der Waals surface area contributed by atoms with Gasteiger partial charge in [0.2, 0.25) is 5.79 Å². The van der Waals surface area contributed by atoms with E-state index in [0.717, 1.165) is 12.8 Å². The van der Waals surface area contributed by atoms with Gasteiger partial charge in [0.05, 0.1) is 18.6 Å². The summed E-state index contributed by atoms with van der Waals surface area (Å²) in [5.74, 6) is -0.672. The standard InChI is InChI=1S/C16H22O4/c1-9-6-10-7-15(2)8-20-16(18-3,13(9)15)14(17)11-4-5-19-12(10)11/h6,10-13H,4-5,7-8H2,1-3H3/t10-,11-,12-,13+,15+,16-/m1/s1. The molecule has 6 atom stereocenters. The van der Waals surface area contributed by atoms with Crippen LogP contribution in [0.1, 0.15) is 26.7 Å². The van der Waals surface area contributed by atoms with Crippen molar-refractivity contribution in [1.29, 1.82) is 0 Å². The van der Waals surface area contributed by atoms with Crippen molar-refractivity contribution in [2.75, 3.05) is 20.3 Å². The molecule has 0 unspecified atom stereocenters. The van der Waals surface area contributed by atoms with E-state index in [1.54, 1.807) is 7.11 Å². The zero-order valence-corrected chi connectivity index (χ0v) is 12.3. The van der Waals surface area contributed by atoms with Crippen LogP contribution in [0.4, 0.5) is 0 Å². The molecule has 0 N–H and O–H groups in total. The van der Waals surface area contributed by atoms with E-state index in [-0.39, 0.29) is 29.1 Å². The van der Waals surface area contributed by atoms with Crippen LogP contribution in [0.25, 0.3) is 0 Å². The van der Waals surface area contributed by atoms with E-state index in [9.17, 15) is 4.79 Å². The highest BCUT2D eigenvalue weighted by Gasteiger charge is 2.67. The molecule has 4 heteroatoms. The van der Waals surface area contributed by atoms with Gasteiger partial charge in [0.1, 0.15) is 0 Å². The van der Waals surface area contributed by atoms with Gasteiger partial charge in [-0.15, -0.1) is 0 Å². The maximum absolute atomic E-state index is 13.1. The minimum atomic E-state index is -1.09. The minimum Gasteiger partial charge on any atom is -0.377 e. The Balaban J connectivity index is 1.93. The molecule has 2 heterocycles. The van der Waals surface area contributed by atoms with Crippen molar-refractivity contribution in [2.45, 2.75) is 38.6 Å². The molecule has 4 nitrogen and oxygen atoms in total. The van der Waals surface area contributed by atoms with E-state index < -0.39 is 5.79 Å². The van der Waals surface area contributed by atoms with Gasteiger partial charge in [0, 0.05) is 31.0 Å². The summed E-state index contributed by atoms with van der Waals surface area (Å²) >= 11 is 0. The van der Waals surface area contributed by atoms with Crippen molar-refractivity contribution in [2.24, 2.45) is 23.2 Å². The highest BCUT2D eigenvalue weighted by molar-refractivity contribution is 5.90. The van der Waals surface area contributed by atoms with E-state index in [1.165, 1.54) is 5.57 Å². The number of carbonyl (C=O) groups is 1. The first-order chi connectivity index (χ1) is 9.52. The molecule has 2 saturated heterocycles. The summed E-state index contributed by atoms with van der Waals surface area (Å²) in [6.45, 7) is 5.61. The molecule has 2 aliphatic heterocycles. The molecule has 3 aliphatic carbocycles. The summed E-state index contributed by atoms with van der Waals surface area (Å²) in [5.41, 5.74) is 1.21. The quantitative estimate of drug-likeness (QED) is 0.688. The van der Waals surface area contributed by atoms with Crippen LogP contribution in [-0.2, 0) is 19.0 Å². The second-order valence-corrected chi connectivity index (χ2v) is 7.12. The van der Waals surface area contributed by atoms with E-state index >= 15 is 0 Å². The number of carbonyl (C=O) groups excluding carboxylic acids is 1. The molecule has 3 fully saturated rings. The highest BCUT2D eigenvalue weighted by Crippen LogP contribution is 2.59. The normalized spacial score (nSPS) is 53.5. The fraction of sp³-hybridized carbons (Fsp3) is 0.812. The van der Waals surface area contributed by atoms with Crippen LogP contribution >= 0.6 is 0 Å². The van der Waals surface area contributed by atoms with Gasteiger partial charge in [0.25, 0.3) is 0 Å². The lowest BCUT2D eigenvalue weighted by Crippen LogP contribution is -2.57. The number of rotatable bonds is 1. The number of Topliss-reactive ketones (excluding diaryl/α,β-unsaturated/α-hetero) is 1. The van der Waals surface area contributed by atoms with Gasteiger partial charge in [-0.05, 0) is 19.8 Å². The summed E-state index contributed by atoms with van der Waals surface area (Å²) < 4.78 is 17.7. The molecule has 0 amide bonds. The molecule has 20 heavy (non-hydrogen) atoms. The molecule has 0 aromatic heterocycles. The van der Waals surface area contributed by atoms with E-state index in [4.69, 9.17) is 14.2 Å². The highest BCUT2D eigenvalue weighted by atomic mass is 16.7. The third-order valence-electron chi connectivity index (χ3n) is 5.87. The predicted molar refractivity (Wildman–Crippen MR) is 72.0 cm³/mol. The van der Waals surface area contributed by atoms with Crippen LogP contribution < -0.4 is 0 Å². The van der Waals surface area contributed by atoms with Crippen LogP contribution in [0, 0.1) is 23.2 Å². The van der Waals surface area contributed by atoms with Crippen LogP contribution in [0.2, 0.25) is 0 Å². The van der Waals surface area contributed by atoms with E-state index in [2.05, 4.69) is 19.9 Å². The Morgan fingerprint density at radius 1 is 1.45 bits per heavy atom. The van der Waals surface area contributed by atoms with Crippen molar-refractivity contribution in [3.63, 3.8) is 0 Å². The lowest BCUT2D eigenvalue weighted by Gasteiger charge is -2.47. The van der Waals surface area contributed by atoms with Crippen molar-refractivity contribution < 1.29 is 19.0 Å². The molecular formula is C16H22O4. The van der Waals surface area contributed by atoms with Crippen LogP contribution in [0.3, 0.4) is 0 Å². The molecule has 0 radical (unpaired) electrons. The lowest BCUT2D eigenvalue weighted by molar-refractivity contribution is -0.217. The van der Waals surface area contributed by atoms with Gasteiger partial charge >= 0.3 is 0 Å². The second-order valence-electron chi connectivity index (χ2n) is 7.12. The number of methoxy groups -OCH3 is 1. The summed E-state index contributed by atoms with van der Waals surface area (Å²) in [6.07, 6.45) is 4.14. The van der Waals surface area contributed by atoms with E-state index in [0.29, 0.717) is 19.1 Å². The molecule has 0 aromatic rings. The second kappa shape index (κ2) is 3.93. The maximum atomic E-state index is 13.1.